The summed E-state index contributed by atoms with van der Waals surface area (Å²) in [6.07, 6.45) is 0.724. The first-order chi connectivity index (χ1) is 11.0. The lowest BCUT2D eigenvalue weighted by molar-refractivity contribution is 0.622. The Kier molecular flexibility index (Phi) is 4.01. The molecular weight excluding hydrogens is 315 g/mol. The predicted molar refractivity (Wildman–Crippen MR) is 87.1 cm³/mol. The number of rotatable bonds is 3. The van der Waals surface area contributed by atoms with Gasteiger partial charge in [0.1, 0.15) is 23.1 Å². The van der Waals surface area contributed by atoms with Gasteiger partial charge in [0, 0.05) is 6.07 Å². The smallest absolute Gasteiger partial charge is 0.143 e. The highest BCUT2D eigenvalue weighted by molar-refractivity contribution is 6.30. The fourth-order valence-electron chi connectivity index (χ4n) is 2.46. The van der Waals surface area contributed by atoms with Gasteiger partial charge >= 0.3 is 0 Å². The Morgan fingerprint density at radius 2 is 2.09 bits per heavy atom. The fraction of sp³-hybridized carbons (Fsp3) is 0.235. The highest BCUT2D eigenvalue weighted by atomic mass is 35.5. The summed E-state index contributed by atoms with van der Waals surface area (Å²) in [4.78, 5) is 4.37. The molecule has 0 aliphatic heterocycles. The van der Waals surface area contributed by atoms with Gasteiger partial charge in [-0.3, -0.25) is 0 Å². The number of nitrogens with zero attached hydrogens (tertiary/aromatic N) is 4. The lowest BCUT2D eigenvalue weighted by atomic mass is 10.1. The van der Waals surface area contributed by atoms with Gasteiger partial charge in [-0.25, -0.2) is 14.1 Å². The number of hydrogen-bond acceptors (Lipinski definition) is 3. The first-order valence-electron chi connectivity index (χ1n) is 7.23. The summed E-state index contributed by atoms with van der Waals surface area (Å²) in [7, 11) is 0. The molecule has 0 aliphatic carbocycles. The number of nitriles is 1. The van der Waals surface area contributed by atoms with Crippen molar-refractivity contribution in [1.82, 2.24) is 14.8 Å². The molecule has 4 nitrogen and oxygen atoms in total. The van der Waals surface area contributed by atoms with E-state index >= 15 is 0 Å². The van der Waals surface area contributed by atoms with Crippen molar-refractivity contribution >= 4 is 22.6 Å². The summed E-state index contributed by atoms with van der Waals surface area (Å²) in [5.74, 6) is -0.115. The van der Waals surface area contributed by atoms with Gasteiger partial charge < -0.3 is 0 Å². The Hall–Kier alpha value is -2.45. The maximum absolute atomic E-state index is 13.8. The molecule has 3 aromatic rings. The van der Waals surface area contributed by atoms with E-state index in [1.165, 1.54) is 12.1 Å². The highest BCUT2D eigenvalue weighted by Crippen LogP contribution is 2.25. The van der Waals surface area contributed by atoms with Crippen LogP contribution in [-0.4, -0.2) is 14.8 Å². The minimum absolute atomic E-state index is 0.0671. The van der Waals surface area contributed by atoms with Crippen molar-refractivity contribution in [2.45, 2.75) is 20.3 Å². The van der Waals surface area contributed by atoms with Gasteiger partial charge in [0.25, 0.3) is 0 Å². The molecular formula is C17H14ClFN4. The van der Waals surface area contributed by atoms with Gasteiger partial charge in [-0.1, -0.05) is 25.4 Å². The summed E-state index contributed by atoms with van der Waals surface area (Å²) in [6, 6.07) is 9.99. The molecule has 23 heavy (non-hydrogen) atoms. The van der Waals surface area contributed by atoms with Crippen LogP contribution < -0.4 is 0 Å². The SMILES string of the molecule is CC(C)Cc1nn(-c2ccc(Cl)c(F)c2)c2ccc(C#N)nc12. The highest BCUT2D eigenvalue weighted by Gasteiger charge is 2.16. The van der Waals surface area contributed by atoms with Gasteiger partial charge in [0.2, 0.25) is 0 Å². The van der Waals surface area contributed by atoms with E-state index in [-0.39, 0.29) is 5.02 Å². The summed E-state index contributed by atoms with van der Waals surface area (Å²) < 4.78 is 15.4. The topological polar surface area (TPSA) is 54.5 Å². The summed E-state index contributed by atoms with van der Waals surface area (Å²) >= 11 is 5.75. The van der Waals surface area contributed by atoms with E-state index in [0.29, 0.717) is 22.8 Å². The quantitative estimate of drug-likeness (QED) is 0.721. The molecule has 0 aliphatic rings. The lowest BCUT2D eigenvalue weighted by Crippen LogP contribution is -2.00. The number of benzene rings is 1. The first-order valence-corrected chi connectivity index (χ1v) is 7.61. The molecule has 1 aromatic carbocycles. The minimum atomic E-state index is -0.500. The van der Waals surface area contributed by atoms with Crippen LogP contribution in [0.15, 0.2) is 30.3 Å². The fourth-order valence-corrected chi connectivity index (χ4v) is 2.57. The molecule has 116 valence electrons. The van der Waals surface area contributed by atoms with Crippen LogP contribution in [0.5, 0.6) is 0 Å². The Bertz CT molecular complexity index is 924. The average molecular weight is 329 g/mol. The second kappa shape index (κ2) is 5.98. The third kappa shape index (κ3) is 2.90. The Balaban J connectivity index is 2.24. The molecule has 3 rings (SSSR count). The molecule has 0 spiro atoms. The number of halogens is 2. The molecule has 0 saturated carbocycles. The Labute approximate surface area is 138 Å². The monoisotopic (exact) mass is 328 g/mol. The van der Waals surface area contributed by atoms with E-state index in [9.17, 15) is 4.39 Å². The summed E-state index contributed by atoms with van der Waals surface area (Å²) in [5.41, 5.74) is 3.11. The number of fused-ring (bicyclic) bond motifs is 1. The van der Waals surface area contributed by atoms with Gasteiger partial charge in [0.15, 0.2) is 0 Å². The molecule has 6 heteroatoms. The van der Waals surface area contributed by atoms with Gasteiger partial charge in [0.05, 0.1) is 21.9 Å². The van der Waals surface area contributed by atoms with E-state index < -0.39 is 5.82 Å². The van der Waals surface area contributed by atoms with E-state index in [2.05, 4.69) is 23.9 Å². The zero-order valence-electron chi connectivity index (χ0n) is 12.7. The maximum Gasteiger partial charge on any atom is 0.143 e. The summed E-state index contributed by atoms with van der Waals surface area (Å²) in [5, 5.41) is 13.7. The van der Waals surface area contributed by atoms with Crippen LogP contribution in [0.1, 0.15) is 25.2 Å². The van der Waals surface area contributed by atoms with Crippen molar-refractivity contribution in [1.29, 1.82) is 5.26 Å². The number of pyridine rings is 1. The number of aromatic nitrogens is 3. The Morgan fingerprint density at radius 3 is 2.74 bits per heavy atom. The van der Waals surface area contributed by atoms with Crippen molar-refractivity contribution < 1.29 is 4.39 Å². The van der Waals surface area contributed by atoms with Crippen molar-refractivity contribution in [2.24, 2.45) is 5.92 Å². The van der Waals surface area contributed by atoms with Crippen molar-refractivity contribution in [3.05, 3.63) is 52.6 Å². The second-order valence-corrected chi connectivity index (χ2v) is 6.14. The van der Waals surface area contributed by atoms with Crippen LogP contribution in [0.3, 0.4) is 0 Å². The predicted octanol–water partition coefficient (Wildman–Crippen LogP) is 4.28. The van der Waals surface area contributed by atoms with Crippen molar-refractivity contribution in [3.63, 3.8) is 0 Å². The second-order valence-electron chi connectivity index (χ2n) is 5.73. The van der Waals surface area contributed by atoms with Crippen LogP contribution in [0.25, 0.3) is 16.7 Å². The molecule has 0 N–H and O–H groups in total. The molecule has 2 aromatic heterocycles. The van der Waals surface area contributed by atoms with Crippen molar-refractivity contribution in [3.8, 4) is 11.8 Å². The zero-order chi connectivity index (χ0) is 16.6. The Morgan fingerprint density at radius 1 is 1.30 bits per heavy atom. The number of hydrogen-bond donors (Lipinski definition) is 0. The standard InChI is InChI=1S/C17H14ClFN4/c1-10(2)7-15-17-16(6-3-11(9-20)21-17)23(22-15)12-4-5-13(18)14(19)8-12/h3-6,8,10H,7H2,1-2H3. The maximum atomic E-state index is 13.8. The van der Waals surface area contributed by atoms with E-state index in [4.69, 9.17) is 16.9 Å². The molecule has 0 saturated heterocycles. The van der Waals surface area contributed by atoms with Gasteiger partial charge in [-0.2, -0.15) is 10.4 Å². The first kappa shape index (κ1) is 15.4. The van der Waals surface area contributed by atoms with E-state index in [1.54, 1.807) is 22.9 Å². The minimum Gasteiger partial charge on any atom is -0.233 e. The largest absolute Gasteiger partial charge is 0.233 e. The third-order valence-corrected chi connectivity index (χ3v) is 3.77. The van der Waals surface area contributed by atoms with E-state index in [0.717, 1.165) is 17.6 Å². The molecule has 0 fully saturated rings. The lowest BCUT2D eigenvalue weighted by Gasteiger charge is -2.04. The van der Waals surface area contributed by atoms with Crippen LogP contribution in [0.4, 0.5) is 4.39 Å². The van der Waals surface area contributed by atoms with Gasteiger partial charge in [-0.05, 0) is 36.6 Å². The molecule has 2 heterocycles. The van der Waals surface area contributed by atoms with Gasteiger partial charge in [-0.15, -0.1) is 0 Å². The normalized spacial score (nSPS) is 11.1. The van der Waals surface area contributed by atoms with Crippen LogP contribution in [0, 0.1) is 23.1 Å². The molecule has 0 bridgehead atoms. The third-order valence-electron chi connectivity index (χ3n) is 3.46. The molecule has 0 unspecified atom stereocenters. The average Bonchev–Trinajstić information content (AvgIpc) is 2.87. The van der Waals surface area contributed by atoms with Crippen LogP contribution >= 0.6 is 11.6 Å². The van der Waals surface area contributed by atoms with Crippen LogP contribution in [0.2, 0.25) is 5.02 Å². The molecule has 0 radical (unpaired) electrons. The molecule has 0 atom stereocenters. The van der Waals surface area contributed by atoms with Crippen LogP contribution in [-0.2, 0) is 6.42 Å². The summed E-state index contributed by atoms with van der Waals surface area (Å²) in [6.45, 7) is 4.17. The molecule has 0 amide bonds. The zero-order valence-corrected chi connectivity index (χ0v) is 13.5. The van der Waals surface area contributed by atoms with E-state index in [1.807, 2.05) is 6.07 Å². The van der Waals surface area contributed by atoms with Crippen molar-refractivity contribution in [2.75, 3.05) is 0 Å².